The number of nitrogens with one attached hydrogen (secondary N) is 1. The molecule has 0 aliphatic heterocycles. The summed E-state index contributed by atoms with van der Waals surface area (Å²) in [5.74, 6) is -0.201. The quantitative estimate of drug-likeness (QED) is 0.389. The predicted molar refractivity (Wildman–Crippen MR) is 142 cm³/mol. The normalized spacial score (nSPS) is 11.8. The van der Waals surface area contributed by atoms with Crippen LogP contribution in [0.1, 0.15) is 41.7 Å². The Morgan fingerprint density at radius 1 is 0.853 bits per heavy atom. The molecule has 0 saturated heterocycles. The molecule has 34 heavy (non-hydrogen) atoms. The van der Waals surface area contributed by atoms with E-state index in [4.69, 9.17) is 0 Å². The van der Waals surface area contributed by atoms with Crippen LogP contribution in [0.4, 0.5) is 0 Å². The lowest BCUT2D eigenvalue weighted by Gasteiger charge is -2.32. The monoisotopic (exact) mass is 520 g/mol. The molecule has 0 aliphatic rings. The number of rotatable bonds is 9. The average molecular weight is 521 g/mol. The average Bonchev–Trinajstić information content (AvgIpc) is 2.75. The van der Waals surface area contributed by atoms with Crippen molar-refractivity contribution in [3.8, 4) is 0 Å². The molecule has 2 amide bonds. The molecule has 0 spiro atoms. The number of nitrogens with zero attached hydrogens (tertiary/aromatic N) is 1. The third kappa shape index (κ3) is 7.56. The molecule has 0 fully saturated rings. The minimum atomic E-state index is -0.623. The molecule has 0 aromatic heterocycles. The van der Waals surface area contributed by atoms with Crippen molar-refractivity contribution in [2.45, 2.75) is 59.2 Å². The van der Waals surface area contributed by atoms with Gasteiger partial charge in [-0.1, -0.05) is 87.7 Å². The zero-order valence-corrected chi connectivity index (χ0v) is 21.9. The first-order chi connectivity index (χ1) is 16.2. The summed E-state index contributed by atoms with van der Waals surface area (Å²) in [6, 6.07) is 23.3. The summed E-state index contributed by atoms with van der Waals surface area (Å²) in [4.78, 5) is 28.9. The van der Waals surface area contributed by atoms with Crippen molar-refractivity contribution in [2.75, 3.05) is 0 Å². The van der Waals surface area contributed by atoms with Gasteiger partial charge < -0.3 is 10.2 Å². The molecule has 0 heterocycles. The van der Waals surface area contributed by atoms with Crippen LogP contribution < -0.4 is 5.32 Å². The fourth-order valence-corrected chi connectivity index (χ4v) is 4.66. The van der Waals surface area contributed by atoms with E-state index in [1.807, 2.05) is 94.4 Å². The highest BCUT2D eigenvalue weighted by Gasteiger charge is 2.30. The first-order valence-electron chi connectivity index (χ1n) is 11.7. The van der Waals surface area contributed by atoms with Gasteiger partial charge in [-0.25, -0.2) is 0 Å². The Balaban J connectivity index is 1.99. The lowest BCUT2D eigenvalue weighted by atomic mass is 10.00. The van der Waals surface area contributed by atoms with Gasteiger partial charge in [0, 0.05) is 23.5 Å². The van der Waals surface area contributed by atoms with E-state index in [1.54, 1.807) is 4.90 Å². The van der Waals surface area contributed by atoms with Crippen LogP contribution in [-0.4, -0.2) is 28.8 Å². The van der Waals surface area contributed by atoms with Crippen LogP contribution in [-0.2, 0) is 29.0 Å². The topological polar surface area (TPSA) is 49.4 Å². The molecule has 1 atom stereocenters. The van der Waals surface area contributed by atoms with Crippen molar-refractivity contribution < 1.29 is 9.59 Å². The highest BCUT2D eigenvalue weighted by atomic mass is 79.9. The standard InChI is InChI=1S/C29H33BrN2O2/c1-20(2)31-29(34)27(17-23-9-6-5-7-10-23)32(19-24-11-8-12-26(30)16-24)28(33)18-25-14-21(3)13-22(4)15-25/h5-16,20,27H,17-19H2,1-4H3,(H,31,34)/t27-/m0/s1. The highest BCUT2D eigenvalue weighted by molar-refractivity contribution is 9.10. The lowest BCUT2D eigenvalue weighted by molar-refractivity contribution is -0.141. The second-order valence-corrected chi connectivity index (χ2v) is 10.1. The molecule has 0 aliphatic carbocycles. The minimum Gasteiger partial charge on any atom is -0.352 e. The maximum atomic E-state index is 13.8. The van der Waals surface area contributed by atoms with Gasteiger partial charge in [0.25, 0.3) is 0 Å². The molecule has 0 radical (unpaired) electrons. The van der Waals surface area contributed by atoms with E-state index in [-0.39, 0.29) is 24.3 Å². The van der Waals surface area contributed by atoms with E-state index < -0.39 is 6.04 Å². The summed E-state index contributed by atoms with van der Waals surface area (Å²) in [5, 5.41) is 3.04. The van der Waals surface area contributed by atoms with Crippen molar-refractivity contribution in [1.82, 2.24) is 10.2 Å². The van der Waals surface area contributed by atoms with E-state index in [0.29, 0.717) is 13.0 Å². The van der Waals surface area contributed by atoms with Crippen molar-refractivity contribution in [3.05, 3.63) is 105 Å². The lowest BCUT2D eigenvalue weighted by Crippen LogP contribution is -2.52. The molecule has 0 unspecified atom stereocenters. The number of amides is 2. The SMILES string of the molecule is Cc1cc(C)cc(CC(=O)N(Cc2cccc(Br)c2)[C@@H](Cc2ccccc2)C(=O)NC(C)C)c1. The van der Waals surface area contributed by atoms with Crippen LogP contribution in [0.25, 0.3) is 0 Å². The molecule has 3 aromatic carbocycles. The number of benzene rings is 3. The van der Waals surface area contributed by atoms with Gasteiger partial charge in [-0.3, -0.25) is 9.59 Å². The fourth-order valence-electron chi connectivity index (χ4n) is 4.21. The molecule has 4 nitrogen and oxygen atoms in total. The fraction of sp³-hybridized carbons (Fsp3) is 0.310. The second-order valence-electron chi connectivity index (χ2n) is 9.19. The summed E-state index contributed by atoms with van der Waals surface area (Å²) in [6.07, 6.45) is 0.697. The molecular formula is C29H33BrN2O2. The number of carbonyl (C=O) groups excluding carboxylic acids is 2. The zero-order chi connectivity index (χ0) is 24.7. The summed E-state index contributed by atoms with van der Waals surface area (Å²) in [7, 11) is 0. The Kier molecular flexibility index (Phi) is 9.05. The maximum Gasteiger partial charge on any atom is 0.243 e. The maximum absolute atomic E-state index is 13.8. The van der Waals surface area contributed by atoms with E-state index >= 15 is 0 Å². The van der Waals surface area contributed by atoms with E-state index in [2.05, 4.69) is 27.3 Å². The van der Waals surface area contributed by atoms with Gasteiger partial charge in [-0.05, 0) is 56.5 Å². The Bertz CT molecular complexity index is 1110. The number of hydrogen-bond acceptors (Lipinski definition) is 2. The smallest absolute Gasteiger partial charge is 0.243 e. The molecule has 178 valence electrons. The predicted octanol–water partition coefficient (Wildman–Crippen LogP) is 5.77. The van der Waals surface area contributed by atoms with Gasteiger partial charge in [0.15, 0.2) is 0 Å². The summed E-state index contributed by atoms with van der Waals surface area (Å²) >= 11 is 3.53. The van der Waals surface area contributed by atoms with Crippen LogP contribution in [0, 0.1) is 13.8 Å². The second kappa shape index (κ2) is 12.0. The Morgan fingerprint density at radius 2 is 1.50 bits per heavy atom. The van der Waals surface area contributed by atoms with Gasteiger partial charge >= 0.3 is 0 Å². The molecule has 5 heteroatoms. The van der Waals surface area contributed by atoms with E-state index in [0.717, 1.165) is 32.3 Å². The number of carbonyl (C=O) groups is 2. The number of halogens is 1. The highest BCUT2D eigenvalue weighted by Crippen LogP contribution is 2.20. The molecular weight excluding hydrogens is 488 g/mol. The van der Waals surface area contributed by atoms with Crippen molar-refractivity contribution >= 4 is 27.7 Å². The largest absolute Gasteiger partial charge is 0.352 e. The van der Waals surface area contributed by atoms with Crippen LogP contribution in [0.2, 0.25) is 0 Å². The van der Waals surface area contributed by atoms with Crippen molar-refractivity contribution in [1.29, 1.82) is 0 Å². The van der Waals surface area contributed by atoms with Crippen molar-refractivity contribution in [3.63, 3.8) is 0 Å². The Morgan fingerprint density at radius 3 is 2.12 bits per heavy atom. The van der Waals surface area contributed by atoms with Gasteiger partial charge in [-0.15, -0.1) is 0 Å². The van der Waals surface area contributed by atoms with Crippen LogP contribution in [0.5, 0.6) is 0 Å². The molecule has 3 rings (SSSR count). The number of hydrogen-bond donors (Lipinski definition) is 1. The zero-order valence-electron chi connectivity index (χ0n) is 20.3. The third-order valence-electron chi connectivity index (χ3n) is 5.58. The molecule has 0 bridgehead atoms. The first-order valence-corrected chi connectivity index (χ1v) is 12.5. The molecule has 0 saturated carbocycles. The first kappa shape index (κ1) is 25.7. The van der Waals surface area contributed by atoms with Gasteiger partial charge in [0.1, 0.15) is 6.04 Å². The summed E-state index contributed by atoms with van der Waals surface area (Å²) in [5.41, 5.74) is 5.20. The Labute approximate surface area is 211 Å². The minimum absolute atomic E-state index is 0.0204. The van der Waals surface area contributed by atoms with Crippen molar-refractivity contribution in [2.24, 2.45) is 0 Å². The van der Waals surface area contributed by atoms with E-state index in [1.165, 1.54) is 0 Å². The van der Waals surface area contributed by atoms with Gasteiger partial charge in [-0.2, -0.15) is 0 Å². The number of aryl methyl sites for hydroxylation is 2. The summed E-state index contributed by atoms with van der Waals surface area (Å²) in [6.45, 7) is 8.30. The third-order valence-corrected chi connectivity index (χ3v) is 6.07. The van der Waals surface area contributed by atoms with Crippen LogP contribution in [0.15, 0.2) is 77.3 Å². The van der Waals surface area contributed by atoms with Crippen LogP contribution in [0.3, 0.4) is 0 Å². The van der Waals surface area contributed by atoms with Crippen LogP contribution >= 0.6 is 15.9 Å². The van der Waals surface area contributed by atoms with Gasteiger partial charge in [0.05, 0.1) is 6.42 Å². The molecule has 1 N–H and O–H groups in total. The van der Waals surface area contributed by atoms with Gasteiger partial charge in [0.2, 0.25) is 11.8 Å². The molecule has 3 aromatic rings. The summed E-state index contributed by atoms with van der Waals surface area (Å²) < 4.78 is 0.943. The Hall–Kier alpha value is -2.92. The van der Waals surface area contributed by atoms with E-state index in [9.17, 15) is 9.59 Å².